The van der Waals surface area contributed by atoms with Gasteiger partial charge in [-0.2, -0.15) is 0 Å². The molecule has 0 saturated heterocycles. The third-order valence-electron chi connectivity index (χ3n) is 2.87. The van der Waals surface area contributed by atoms with E-state index in [0.717, 1.165) is 19.3 Å². The van der Waals surface area contributed by atoms with E-state index in [1.807, 2.05) is 13.8 Å². The molecule has 0 radical (unpaired) electrons. The maximum atomic E-state index is 12.1. The van der Waals surface area contributed by atoms with Crippen molar-refractivity contribution in [2.45, 2.75) is 65.5 Å². The summed E-state index contributed by atoms with van der Waals surface area (Å²) in [4.78, 5) is 23.2. The van der Waals surface area contributed by atoms with Gasteiger partial charge in [0.1, 0.15) is 6.04 Å². The summed E-state index contributed by atoms with van der Waals surface area (Å²) in [6, 6.07) is -0.746. The van der Waals surface area contributed by atoms with Gasteiger partial charge in [-0.1, -0.05) is 33.6 Å². The molecule has 0 bridgehead atoms. The molecule has 5 heteroatoms. The van der Waals surface area contributed by atoms with Crippen LogP contribution in [0.25, 0.3) is 0 Å². The van der Waals surface area contributed by atoms with Crippen LogP contribution < -0.4 is 10.6 Å². The van der Waals surface area contributed by atoms with Gasteiger partial charge in [-0.3, -0.25) is 9.59 Å². The summed E-state index contributed by atoms with van der Waals surface area (Å²) in [7, 11) is 0. The first kappa shape index (κ1) is 17.9. The number of amides is 2. The van der Waals surface area contributed by atoms with E-state index in [1.54, 1.807) is 0 Å². The number of rotatable bonds is 9. The summed E-state index contributed by atoms with van der Waals surface area (Å²) >= 11 is 0. The van der Waals surface area contributed by atoms with E-state index in [4.69, 9.17) is 0 Å². The maximum absolute atomic E-state index is 12.1. The Morgan fingerprint density at radius 2 is 1.84 bits per heavy atom. The molecule has 0 fully saturated rings. The van der Waals surface area contributed by atoms with Crippen LogP contribution in [-0.4, -0.2) is 35.6 Å². The molecule has 0 aliphatic rings. The van der Waals surface area contributed by atoms with E-state index in [1.165, 1.54) is 6.92 Å². The van der Waals surface area contributed by atoms with E-state index in [2.05, 4.69) is 17.6 Å². The normalized spacial score (nSPS) is 14.0. The van der Waals surface area contributed by atoms with Crippen molar-refractivity contribution in [2.75, 3.05) is 6.61 Å². The summed E-state index contributed by atoms with van der Waals surface area (Å²) in [5.74, 6) is -0.111. The predicted molar refractivity (Wildman–Crippen MR) is 75.6 cm³/mol. The van der Waals surface area contributed by atoms with Crippen LogP contribution in [0.5, 0.6) is 0 Å². The highest BCUT2D eigenvalue weighted by Gasteiger charge is 2.22. The van der Waals surface area contributed by atoms with Gasteiger partial charge >= 0.3 is 0 Å². The first-order valence-corrected chi connectivity index (χ1v) is 7.09. The number of aliphatic hydroxyl groups is 1. The van der Waals surface area contributed by atoms with Gasteiger partial charge in [0, 0.05) is 6.92 Å². The molecule has 0 saturated carbocycles. The zero-order valence-corrected chi connectivity index (χ0v) is 12.5. The topological polar surface area (TPSA) is 78.4 Å². The molecule has 0 aromatic carbocycles. The molecule has 2 amide bonds. The van der Waals surface area contributed by atoms with Gasteiger partial charge in [0.05, 0.1) is 12.6 Å². The average molecular weight is 272 g/mol. The van der Waals surface area contributed by atoms with E-state index in [-0.39, 0.29) is 24.5 Å². The smallest absolute Gasteiger partial charge is 0.242 e. The Bertz CT molecular complexity index is 280. The van der Waals surface area contributed by atoms with E-state index < -0.39 is 6.04 Å². The fourth-order valence-corrected chi connectivity index (χ4v) is 1.91. The lowest BCUT2D eigenvalue weighted by molar-refractivity contribution is -0.129. The van der Waals surface area contributed by atoms with Crippen molar-refractivity contribution in [3.63, 3.8) is 0 Å². The lowest BCUT2D eigenvalue weighted by atomic mass is 10.0. The average Bonchev–Trinajstić information content (AvgIpc) is 2.32. The van der Waals surface area contributed by atoms with Crippen molar-refractivity contribution >= 4 is 11.8 Å². The molecule has 0 heterocycles. The number of nitrogens with one attached hydrogen (secondary N) is 2. The highest BCUT2D eigenvalue weighted by atomic mass is 16.3. The Labute approximate surface area is 116 Å². The lowest BCUT2D eigenvalue weighted by Gasteiger charge is -2.23. The van der Waals surface area contributed by atoms with Crippen molar-refractivity contribution in [2.24, 2.45) is 5.92 Å². The second-order valence-electron chi connectivity index (χ2n) is 5.41. The molecule has 3 N–H and O–H groups in total. The van der Waals surface area contributed by atoms with Crippen molar-refractivity contribution in [1.82, 2.24) is 10.6 Å². The molecule has 5 nitrogen and oxygen atoms in total. The van der Waals surface area contributed by atoms with Crippen molar-refractivity contribution in [3.8, 4) is 0 Å². The van der Waals surface area contributed by atoms with Crippen LogP contribution >= 0.6 is 0 Å². The second-order valence-corrected chi connectivity index (χ2v) is 5.41. The van der Waals surface area contributed by atoms with Crippen LogP contribution in [0.2, 0.25) is 0 Å². The quantitative estimate of drug-likeness (QED) is 0.590. The molecule has 0 aliphatic heterocycles. The summed E-state index contributed by atoms with van der Waals surface area (Å²) in [6.07, 6.45) is 3.33. The van der Waals surface area contributed by atoms with Crippen molar-refractivity contribution in [3.05, 3.63) is 0 Å². The van der Waals surface area contributed by atoms with Gasteiger partial charge in [0.15, 0.2) is 0 Å². The molecule has 0 rings (SSSR count). The Hall–Kier alpha value is -1.10. The highest BCUT2D eigenvalue weighted by Crippen LogP contribution is 2.07. The number of carbonyl (C=O) groups excluding carboxylic acids is 2. The van der Waals surface area contributed by atoms with Crippen LogP contribution in [0.15, 0.2) is 0 Å². The van der Waals surface area contributed by atoms with Crippen LogP contribution in [0, 0.1) is 5.92 Å². The van der Waals surface area contributed by atoms with Crippen molar-refractivity contribution in [1.29, 1.82) is 0 Å². The zero-order chi connectivity index (χ0) is 14.8. The molecule has 0 spiro atoms. The predicted octanol–water partition coefficient (Wildman–Crippen LogP) is 1.20. The summed E-state index contributed by atoms with van der Waals surface area (Å²) in [5, 5.41) is 14.7. The molecule has 19 heavy (non-hydrogen) atoms. The van der Waals surface area contributed by atoms with Gasteiger partial charge in [0.2, 0.25) is 11.8 Å². The minimum Gasteiger partial charge on any atom is -0.394 e. The summed E-state index contributed by atoms with van der Waals surface area (Å²) < 4.78 is 0. The largest absolute Gasteiger partial charge is 0.394 e. The molecular weight excluding hydrogens is 244 g/mol. The Balaban J connectivity index is 4.46. The van der Waals surface area contributed by atoms with Crippen LogP contribution in [-0.2, 0) is 9.59 Å². The number of aliphatic hydroxyl groups excluding tert-OH is 1. The first-order chi connectivity index (χ1) is 8.90. The standard InChI is InChI=1S/C14H28N2O3/c1-5-6-7-12(9-17)16-14(19)13(8-10(2)3)15-11(4)18/h10,12-13,17H,5-9H2,1-4H3,(H,15,18)(H,16,19)/t12?,13-/m0/s1. The summed E-state index contributed by atoms with van der Waals surface area (Å²) in [5.41, 5.74) is 0. The minimum absolute atomic E-state index is 0.0692. The van der Waals surface area contributed by atoms with Gasteiger partial charge in [0.25, 0.3) is 0 Å². The highest BCUT2D eigenvalue weighted by molar-refractivity contribution is 5.86. The SMILES string of the molecule is CCCCC(CO)NC(=O)[C@H](CC(C)C)NC(C)=O. The third-order valence-corrected chi connectivity index (χ3v) is 2.87. The number of hydrogen-bond acceptors (Lipinski definition) is 3. The van der Waals surface area contributed by atoms with Crippen molar-refractivity contribution < 1.29 is 14.7 Å². The van der Waals surface area contributed by atoms with E-state index >= 15 is 0 Å². The molecule has 0 aromatic heterocycles. The molecule has 2 atom stereocenters. The van der Waals surface area contributed by atoms with Crippen LogP contribution in [0.1, 0.15) is 53.4 Å². The number of unbranched alkanes of at least 4 members (excludes halogenated alkanes) is 1. The Morgan fingerprint density at radius 3 is 2.26 bits per heavy atom. The molecule has 1 unspecified atom stereocenters. The monoisotopic (exact) mass is 272 g/mol. The van der Waals surface area contributed by atoms with Gasteiger partial charge in [-0.05, 0) is 18.8 Å². The van der Waals surface area contributed by atoms with Gasteiger partial charge < -0.3 is 15.7 Å². The van der Waals surface area contributed by atoms with Gasteiger partial charge in [-0.15, -0.1) is 0 Å². The number of carbonyl (C=O) groups is 2. The molecule has 112 valence electrons. The zero-order valence-electron chi connectivity index (χ0n) is 12.5. The van der Waals surface area contributed by atoms with Crippen LogP contribution in [0.4, 0.5) is 0 Å². The van der Waals surface area contributed by atoms with E-state index in [9.17, 15) is 14.7 Å². The molecular formula is C14H28N2O3. The first-order valence-electron chi connectivity index (χ1n) is 7.09. The van der Waals surface area contributed by atoms with Gasteiger partial charge in [-0.25, -0.2) is 0 Å². The molecule has 0 aliphatic carbocycles. The van der Waals surface area contributed by atoms with Crippen LogP contribution in [0.3, 0.4) is 0 Å². The fourth-order valence-electron chi connectivity index (χ4n) is 1.91. The maximum Gasteiger partial charge on any atom is 0.242 e. The molecule has 0 aromatic rings. The van der Waals surface area contributed by atoms with E-state index in [0.29, 0.717) is 12.3 Å². The third kappa shape index (κ3) is 8.59. The summed E-state index contributed by atoms with van der Waals surface area (Å²) in [6.45, 7) is 7.40. The Kier molecular flexibility index (Phi) is 9.21. The minimum atomic E-state index is -0.520. The number of hydrogen-bond donors (Lipinski definition) is 3. The second kappa shape index (κ2) is 9.78. The Morgan fingerprint density at radius 1 is 1.21 bits per heavy atom. The fraction of sp³-hybridized carbons (Fsp3) is 0.857. The lowest BCUT2D eigenvalue weighted by Crippen LogP contribution is -2.50.